The molecule has 0 saturated carbocycles. The number of amides is 1. The minimum atomic E-state index is -0.222. The van der Waals surface area contributed by atoms with Gasteiger partial charge in [-0.2, -0.15) is 4.98 Å². The van der Waals surface area contributed by atoms with Gasteiger partial charge in [-0.1, -0.05) is 5.16 Å². The fourth-order valence-electron chi connectivity index (χ4n) is 1.46. The zero-order chi connectivity index (χ0) is 10.1. The van der Waals surface area contributed by atoms with Gasteiger partial charge in [0.2, 0.25) is 5.91 Å². The van der Waals surface area contributed by atoms with Crippen LogP contribution >= 0.6 is 0 Å². The maximum Gasteiger partial charge on any atom is 0.322 e. The van der Waals surface area contributed by atoms with Crippen molar-refractivity contribution in [3.05, 3.63) is 5.82 Å². The van der Waals surface area contributed by atoms with Crippen molar-refractivity contribution in [3.63, 3.8) is 0 Å². The first-order chi connectivity index (χ1) is 6.66. The van der Waals surface area contributed by atoms with E-state index in [1.165, 1.54) is 0 Å². The Morgan fingerprint density at radius 1 is 1.64 bits per heavy atom. The average Bonchev–Trinajstić information content (AvgIpc) is 2.67. The lowest BCUT2D eigenvalue weighted by Gasteiger charge is -2.09. The molecule has 0 aromatic carbocycles. The van der Waals surface area contributed by atoms with Gasteiger partial charge in [-0.15, -0.1) is 0 Å². The minimum Gasteiger partial charge on any atom is -0.344 e. The molecule has 2 rings (SSSR count). The molecule has 0 spiro atoms. The second-order valence-corrected chi connectivity index (χ2v) is 3.39. The summed E-state index contributed by atoms with van der Waals surface area (Å²) in [5, 5.41) is 6.54. The highest BCUT2D eigenvalue weighted by molar-refractivity contribution is 5.85. The Hall–Kier alpha value is -1.59. The molecule has 1 aliphatic heterocycles. The third-order valence-corrected chi connectivity index (χ3v) is 2.25. The van der Waals surface area contributed by atoms with Crippen molar-refractivity contribution in [1.82, 2.24) is 15.0 Å². The highest BCUT2D eigenvalue weighted by atomic mass is 16.5. The monoisotopic (exact) mass is 196 g/mol. The van der Waals surface area contributed by atoms with Crippen LogP contribution in [0.15, 0.2) is 4.52 Å². The fourth-order valence-corrected chi connectivity index (χ4v) is 1.46. The van der Waals surface area contributed by atoms with E-state index in [-0.39, 0.29) is 11.9 Å². The molecule has 1 aromatic rings. The van der Waals surface area contributed by atoms with Gasteiger partial charge in [-0.05, 0) is 13.3 Å². The molecule has 0 radical (unpaired) electrons. The SMILES string of the molecule is Cc1noc(NC2CCN(C)C2=O)n1. The number of hydrogen-bond acceptors (Lipinski definition) is 5. The molecule has 2 heterocycles. The van der Waals surface area contributed by atoms with Crippen LogP contribution in [0.4, 0.5) is 6.01 Å². The summed E-state index contributed by atoms with van der Waals surface area (Å²) >= 11 is 0. The first kappa shape index (κ1) is 8.98. The van der Waals surface area contributed by atoms with Gasteiger partial charge in [0.1, 0.15) is 6.04 Å². The maximum atomic E-state index is 11.5. The Morgan fingerprint density at radius 2 is 2.43 bits per heavy atom. The standard InChI is InChI=1S/C8H12N4O2/c1-5-9-8(14-11-5)10-6-3-4-12(2)7(6)13/h6H,3-4H2,1-2H3,(H,9,10,11). The lowest BCUT2D eigenvalue weighted by molar-refractivity contribution is -0.127. The van der Waals surface area contributed by atoms with Crippen molar-refractivity contribution in [2.75, 3.05) is 18.9 Å². The summed E-state index contributed by atoms with van der Waals surface area (Å²) < 4.78 is 4.87. The maximum absolute atomic E-state index is 11.5. The molecule has 1 fully saturated rings. The summed E-state index contributed by atoms with van der Waals surface area (Å²) in [4.78, 5) is 17.1. The summed E-state index contributed by atoms with van der Waals surface area (Å²) in [5.74, 6) is 0.632. The van der Waals surface area contributed by atoms with Gasteiger partial charge in [0.25, 0.3) is 0 Å². The second kappa shape index (κ2) is 3.28. The van der Waals surface area contributed by atoms with Gasteiger partial charge < -0.3 is 14.7 Å². The molecular formula is C8H12N4O2. The molecule has 6 nitrogen and oxygen atoms in total. The molecule has 1 N–H and O–H groups in total. The van der Waals surface area contributed by atoms with E-state index in [0.717, 1.165) is 13.0 Å². The lowest BCUT2D eigenvalue weighted by Crippen LogP contribution is -2.31. The van der Waals surface area contributed by atoms with Crippen molar-refractivity contribution >= 4 is 11.9 Å². The van der Waals surface area contributed by atoms with Crippen LogP contribution in [-0.4, -0.2) is 40.6 Å². The number of hydrogen-bond donors (Lipinski definition) is 1. The third kappa shape index (κ3) is 1.55. The lowest BCUT2D eigenvalue weighted by atomic mass is 10.2. The second-order valence-electron chi connectivity index (χ2n) is 3.39. The zero-order valence-corrected chi connectivity index (χ0v) is 8.15. The summed E-state index contributed by atoms with van der Waals surface area (Å²) in [5.41, 5.74) is 0. The molecule has 76 valence electrons. The molecule has 0 aliphatic carbocycles. The molecule has 14 heavy (non-hydrogen) atoms. The van der Waals surface area contributed by atoms with Crippen LogP contribution in [-0.2, 0) is 4.79 Å². The number of nitrogens with one attached hydrogen (secondary N) is 1. The Balaban J connectivity index is 2.02. The van der Waals surface area contributed by atoms with Crippen molar-refractivity contribution in [2.24, 2.45) is 0 Å². The summed E-state index contributed by atoms with van der Waals surface area (Å²) in [6.07, 6.45) is 0.775. The normalized spacial score (nSPS) is 21.7. The molecule has 1 atom stereocenters. The van der Waals surface area contributed by atoms with Crippen LogP contribution < -0.4 is 5.32 Å². The number of carbonyl (C=O) groups excluding carboxylic acids is 1. The summed E-state index contributed by atoms with van der Waals surface area (Å²) in [7, 11) is 1.78. The highest BCUT2D eigenvalue weighted by Gasteiger charge is 2.29. The van der Waals surface area contributed by atoms with Gasteiger partial charge in [0.15, 0.2) is 5.82 Å². The number of aromatic nitrogens is 2. The van der Waals surface area contributed by atoms with Gasteiger partial charge in [-0.3, -0.25) is 4.79 Å². The molecule has 1 saturated heterocycles. The van der Waals surface area contributed by atoms with Crippen LogP contribution in [0.25, 0.3) is 0 Å². The van der Waals surface area contributed by atoms with E-state index in [4.69, 9.17) is 4.52 Å². The van der Waals surface area contributed by atoms with E-state index in [1.807, 2.05) is 0 Å². The van der Waals surface area contributed by atoms with E-state index in [1.54, 1.807) is 18.9 Å². The van der Waals surface area contributed by atoms with Crippen molar-refractivity contribution in [1.29, 1.82) is 0 Å². The topological polar surface area (TPSA) is 71.3 Å². The molecule has 1 aliphatic rings. The molecule has 6 heteroatoms. The number of rotatable bonds is 2. The van der Waals surface area contributed by atoms with E-state index < -0.39 is 0 Å². The van der Waals surface area contributed by atoms with Crippen LogP contribution in [0.5, 0.6) is 0 Å². The largest absolute Gasteiger partial charge is 0.344 e. The Morgan fingerprint density at radius 3 is 2.93 bits per heavy atom. The summed E-state index contributed by atoms with van der Waals surface area (Å²) in [6, 6.07) is 0.0935. The first-order valence-corrected chi connectivity index (χ1v) is 4.48. The zero-order valence-electron chi connectivity index (χ0n) is 8.15. The quantitative estimate of drug-likeness (QED) is 0.722. The number of aryl methyl sites for hydroxylation is 1. The van der Waals surface area contributed by atoms with E-state index in [0.29, 0.717) is 11.8 Å². The minimum absolute atomic E-state index is 0.0702. The average molecular weight is 196 g/mol. The van der Waals surface area contributed by atoms with Gasteiger partial charge in [-0.25, -0.2) is 0 Å². The van der Waals surface area contributed by atoms with Crippen molar-refractivity contribution in [2.45, 2.75) is 19.4 Å². The molecule has 0 bridgehead atoms. The molecule has 1 aromatic heterocycles. The first-order valence-electron chi connectivity index (χ1n) is 4.48. The van der Waals surface area contributed by atoms with Gasteiger partial charge in [0, 0.05) is 13.6 Å². The third-order valence-electron chi connectivity index (χ3n) is 2.25. The Kier molecular flexibility index (Phi) is 2.11. The van der Waals surface area contributed by atoms with Crippen molar-refractivity contribution < 1.29 is 9.32 Å². The predicted molar refractivity (Wildman–Crippen MR) is 48.7 cm³/mol. The predicted octanol–water partition coefficient (Wildman–Crippen LogP) is 0.0206. The smallest absolute Gasteiger partial charge is 0.322 e. The van der Waals surface area contributed by atoms with Gasteiger partial charge >= 0.3 is 6.01 Å². The fraction of sp³-hybridized carbons (Fsp3) is 0.625. The highest BCUT2D eigenvalue weighted by Crippen LogP contribution is 2.14. The number of likely N-dealkylation sites (N-methyl/N-ethyl adjacent to an activating group) is 1. The van der Waals surface area contributed by atoms with Crippen molar-refractivity contribution in [3.8, 4) is 0 Å². The number of likely N-dealkylation sites (tertiary alicyclic amines) is 1. The van der Waals surface area contributed by atoms with E-state index in [9.17, 15) is 4.79 Å². The van der Waals surface area contributed by atoms with E-state index >= 15 is 0 Å². The van der Waals surface area contributed by atoms with Crippen LogP contribution in [0.3, 0.4) is 0 Å². The Bertz CT molecular complexity index is 349. The van der Waals surface area contributed by atoms with E-state index in [2.05, 4.69) is 15.5 Å². The number of nitrogens with zero attached hydrogens (tertiary/aromatic N) is 3. The van der Waals surface area contributed by atoms with Crippen LogP contribution in [0.1, 0.15) is 12.2 Å². The van der Waals surface area contributed by atoms with Crippen LogP contribution in [0, 0.1) is 6.92 Å². The molecule has 1 amide bonds. The molecule has 1 unspecified atom stereocenters. The molecular weight excluding hydrogens is 184 g/mol. The Labute approximate surface area is 81.3 Å². The summed E-state index contributed by atoms with van der Waals surface area (Å²) in [6.45, 7) is 2.50. The van der Waals surface area contributed by atoms with Crippen LogP contribution in [0.2, 0.25) is 0 Å². The number of carbonyl (C=O) groups is 1. The number of anilines is 1. The van der Waals surface area contributed by atoms with Gasteiger partial charge in [0.05, 0.1) is 0 Å².